The first-order valence-electron chi connectivity index (χ1n) is 6.67. The SMILES string of the molecule is CC(C(=O)O)C12CC(NC(=O)c3cccc(Cl)c3)(C1)C2. The minimum atomic E-state index is -0.750. The number of carboxylic acids is 1. The Kier molecular flexibility index (Phi) is 2.83. The summed E-state index contributed by atoms with van der Waals surface area (Å²) >= 11 is 5.87. The molecule has 2 N–H and O–H groups in total. The molecule has 3 saturated carbocycles. The van der Waals surface area contributed by atoms with E-state index in [9.17, 15) is 9.59 Å². The van der Waals surface area contributed by atoms with Crippen molar-refractivity contribution in [3.63, 3.8) is 0 Å². The molecule has 20 heavy (non-hydrogen) atoms. The molecule has 3 aliphatic carbocycles. The molecule has 1 aromatic rings. The first-order valence-corrected chi connectivity index (χ1v) is 7.05. The average molecular weight is 294 g/mol. The van der Waals surface area contributed by atoms with Gasteiger partial charge in [-0.15, -0.1) is 0 Å². The van der Waals surface area contributed by atoms with Gasteiger partial charge in [-0.1, -0.05) is 24.6 Å². The maximum atomic E-state index is 12.2. The van der Waals surface area contributed by atoms with Crippen LogP contribution in [0.2, 0.25) is 5.02 Å². The first-order chi connectivity index (χ1) is 9.36. The summed E-state index contributed by atoms with van der Waals surface area (Å²) in [5, 5.41) is 12.6. The van der Waals surface area contributed by atoms with Crippen molar-refractivity contribution in [1.82, 2.24) is 5.32 Å². The number of hydrogen-bond donors (Lipinski definition) is 2. The lowest BCUT2D eigenvalue weighted by molar-refractivity contribution is -0.195. The zero-order valence-corrected chi connectivity index (χ0v) is 11.9. The van der Waals surface area contributed by atoms with Crippen LogP contribution in [0, 0.1) is 11.3 Å². The molecule has 0 heterocycles. The van der Waals surface area contributed by atoms with Gasteiger partial charge in [-0.25, -0.2) is 0 Å². The van der Waals surface area contributed by atoms with E-state index in [1.807, 2.05) is 0 Å². The van der Waals surface area contributed by atoms with Crippen molar-refractivity contribution in [2.45, 2.75) is 31.7 Å². The number of carbonyl (C=O) groups is 2. The Bertz CT molecular complexity index is 579. The van der Waals surface area contributed by atoms with Crippen molar-refractivity contribution in [2.24, 2.45) is 11.3 Å². The van der Waals surface area contributed by atoms with Crippen molar-refractivity contribution in [2.75, 3.05) is 0 Å². The number of rotatable bonds is 4. The van der Waals surface area contributed by atoms with Gasteiger partial charge in [0.2, 0.25) is 0 Å². The summed E-state index contributed by atoms with van der Waals surface area (Å²) in [6, 6.07) is 6.83. The molecular formula is C15H16ClNO3. The Hall–Kier alpha value is -1.55. The molecule has 1 unspecified atom stereocenters. The number of carbonyl (C=O) groups excluding carboxylic acids is 1. The second kappa shape index (κ2) is 4.22. The highest BCUT2D eigenvalue weighted by molar-refractivity contribution is 6.30. The molecule has 0 aromatic heterocycles. The van der Waals surface area contributed by atoms with Crippen LogP contribution < -0.4 is 5.32 Å². The summed E-state index contributed by atoms with van der Waals surface area (Å²) < 4.78 is 0. The molecule has 0 spiro atoms. The normalized spacial score (nSPS) is 31.7. The summed E-state index contributed by atoms with van der Waals surface area (Å²) in [6.07, 6.45) is 2.29. The van der Waals surface area contributed by atoms with Crippen molar-refractivity contribution >= 4 is 23.5 Å². The molecule has 4 nitrogen and oxygen atoms in total. The van der Waals surface area contributed by atoms with Gasteiger partial charge in [-0.05, 0) is 42.9 Å². The monoisotopic (exact) mass is 293 g/mol. The molecule has 3 fully saturated rings. The van der Waals surface area contributed by atoms with E-state index in [0.29, 0.717) is 10.6 Å². The van der Waals surface area contributed by atoms with E-state index in [4.69, 9.17) is 16.7 Å². The highest BCUT2D eigenvalue weighted by Crippen LogP contribution is 2.70. The largest absolute Gasteiger partial charge is 0.481 e. The van der Waals surface area contributed by atoms with Crippen LogP contribution in [0.15, 0.2) is 24.3 Å². The lowest BCUT2D eigenvalue weighted by Crippen LogP contribution is -2.77. The Balaban J connectivity index is 1.63. The van der Waals surface area contributed by atoms with Gasteiger partial charge in [0.15, 0.2) is 0 Å². The van der Waals surface area contributed by atoms with Crippen molar-refractivity contribution in [3.8, 4) is 0 Å². The van der Waals surface area contributed by atoms with Crippen LogP contribution in [0.25, 0.3) is 0 Å². The second-order valence-corrected chi connectivity index (χ2v) is 6.63. The fourth-order valence-electron chi connectivity index (χ4n) is 3.66. The van der Waals surface area contributed by atoms with Crippen LogP contribution in [0.3, 0.4) is 0 Å². The van der Waals surface area contributed by atoms with Crippen LogP contribution in [0.5, 0.6) is 0 Å². The van der Waals surface area contributed by atoms with E-state index in [1.165, 1.54) is 0 Å². The standard InChI is InChI=1S/C15H16ClNO3/c1-9(13(19)20)14-6-15(7-14,8-14)17-12(18)10-3-2-4-11(16)5-10/h2-5,9H,6-8H2,1H3,(H,17,18)(H,19,20). The number of benzene rings is 1. The second-order valence-electron chi connectivity index (χ2n) is 6.20. The lowest BCUT2D eigenvalue weighted by atomic mass is 9.36. The van der Waals surface area contributed by atoms with Crippen LogP contribution in [0.4, 0.5) is 0 Å². The van der Waals surface area contributed by atoms with Crippen LogP contribution in [-0.2, 0) is 4.79 Å². The maximum Gasteiger partial charge on any atom is 0.306 e. The summed E-state index contributed by atoms with van der Waals surface area (Å²) in [6.45, 7) is 1.75. The summed E-state index contributed by atoms with van der Waals surface area (Å²) in [7, 11) is 0. The summed E-state index contributed by atoms with van der Waals surface area (Å²) in [5.41, 5.74) is 0.249. The zero-order valence-electron chi connectivity index (χ0n) is 11.1. The predicted octanol–water partition coefficient (Wildman–Crippen LogP) is 2.71. The van der Waals surface area contributed by atoms with E-state index in [1.54, 1.807) is 31.2 Å². The minimum Gasteiger partial charge on any atom is -0.481 e. The maximum absolute atomic E-state index is 12.2. The zero-order chi connectivity index (χ0) is 14.5. The predicted molar refractivity (Wildman–Crippen MR) is 74.7 cm³/mol. The third kappa shape index (κ3) is 1.90. The smallest absolute Gasteiger partial charge is 0.306 e. The van der Waals surface area contributed by atoms with Gasteiger partial charge >= 0.3 is 5.97 Å². The molecule has 1 amide bonds. The van der Waals surface area contributed by atoms with Gasteiger partial charge < -0.3 is 10.4 Å². The van der Waals surface area contributed by atoms with Gasteiger partial charge in [-0.3, -0.25) is 9.59 Å². The number of aliphatic carboxylic acids is 1. The molecule has 1 aromatic carbocycles. The van der Waals surface area contributed by atoms with Gasteiger partial charge in [0.1, 0.15) is 0 Å². The van der Waals surface area contributed by atoms with E-state index < -0.39 is 5.97 Å². The summed E-state index contributed by atoms with van der Waals surface area (Å²) in [5.74, 6) is -1.23. The molecule has 4 rings (SSSR count). The minimum absolute atomic E-state index is 0.104. The third-order valence-electron chi connectivity index (χ3n) is 4.83. The van der Waals surface area contributed by atoms with Crippen molar-refractivity contribution in [1.29, 1.82) is 0 Å². The highest BCUT2D eigenvalue weighted by Gasteiger charge is 2.71. The van der Waals surface area contributed by atoms with E-state index in [-0.39, 0.29) is 22.8 Å². The van der Waals surface area contributed by atoms with Crippen LogP contribution >= 0.6 is 11.6 Å². The fourth-order valence-corrected chi connectivity index (χ4v) is 3.85. The van der Waals surface area contributed by atoms with E-state index in [2.05, 4.69) is 5.32 Å². The number of hydrogen-bond acceptors (Lipinski definition) is 2. The topological polar surface area (TPSA) is 66.4 Å². The van der Waals surface area contributed by atoms with Gasteiger partial charge in [0.25, 0.3) is 5.91 Å². The fraction of sp³-hybridized carbons (Fsp3) is 0.467. The van der Waals surface area contributed by atoms with Crippen LogP contribution in [0.1, 0.15) is 36.5 Å². The molecule has 3 aliphatic rings. The number of carboxylic acid groups (broad SMARTS) is 1. The molecule has 2 bridgehead atoms. The molecule has 0 aliphatic heterocycles. The number of amides is 1. The molecule has 5 heteroatoms. The van der Waals surface area contributed by atoms with Gasteiger partial charge in [0, 0.05) is 16.1 Å². The number of nitrogens with one attached hydrogen (secondary N) is 1. The lowest BCUT2D eigenvalue weighted by Gasteiger charge is -2.72. The Morgan fingerprint density at radius 3 is 2.55 bits per heavy atom. The quantitative estimate of drug-likeness (QED) is 0.897. The van der Waals surface area contributed by atoms with Crippen LogP contribution in [-0.4, -0.2) is 22.5 Å². The molecule has 106 valence electrons. The Morgan fingerprint density at radius 1 is 1.35 bits per heavy atom. The highest BCUT2D eigenvalue weighted by atomic mass is 35.5. The Morgan fingerprint density at radius 2 is 2.00 bits per heavy atom. The third-order valence-corrected chi connectivity index (χ3v) is 5.06. The molecule has 1 atom stereocenters. The van der Waals surface area contributed by atoms with Gasteiger partial charge in [0.05, 0.1) is 5.92 Å². The average Bonchev–Trinajstić information content (AvgIpc) is 2.30. The van der Waals surface area contributed by atoms with Crippen molar-refractivity contribution in [3.05, 3.63) is 34.9 Å². The number of halogens is 1. The molecular weight excluding hydrogens is 278 g/mol. The first kappa shape index (κ1) is 13.4. The van der Waals surface area contributed by atoms with E-state index in [0.717, 1.165) is 19.3 Å². The van der Waals surface area contributed by atoms with E-state index >= 15 is 0 Å². The Labute approximate surface area is 122 Å². The molecule has 0 saturated heterocycles. The summed E-state index contributed by atoms with van der Waals surface area (Å²) in [4.78, 5) is 23.2. The van der Waals surface area contributed by atoms with Gasteiger partial charge in [-0.2, -0.15) is 0 Å². The van der Waals surface area contributed by atoms with Crippen molar-refractivity contribution < 1.29 is 14.7 Å². The molecule has 0 radical (unpaired) electrons.